The molecular weight excluding hydrogens is 304 g/mol. The van der Waals surface area contributed by atoms with E-state index in [4.69, 9.17) is 9.47 Å². The summed E-state index contributed by atoms with van der Waals surface area (Å²) in [4.78, 5) is 23.5. The van der Waals surface area contributed by atoms with Crippen LogP contribution in [0.25, 0.3) is 6.08 Å². The number of aryl methyl sites for hydroxylation is 3. The summed E-state index contributed by atoms with van der Waals surface area (Å²) in [5, 5.41) is 0. The highest BCUT2D eigenvalue weighted by Crippen LogP contribution is 2.21. The molecule has 0 aliphatic carbocycles. The molecule has 0 spiro atoms. The number of carbonyl (C=O) groups excluding carboxylic acids is 2. The fourth-order valence-corrected chi connectivity index (χ4v) is 1.98. The third-order valence-corrected chi connectivity index (χ3v) is 4.28. The first kappa shape index (κ1) is 19.9. The Labute approximate surface area is 144 Å². The van der Waals surface area contributed by atoms with Gasteiger partial charge in [0.15, 0.2) is 0 Å². The Hall–Kier alpha value is -2.10. The number of esters is 2. The maximum absolute atomic E-state index is 11.8. The summed E-state index contributed by atoms with van der Waals surface area (Å²) >= 11 is 0. The number of benzene rings is 1. The largest absolute Gasteiger partial charge is 0.462 e. The molecule has 0 unspecified atom stereocenters. The van der Waals surface area contributed by atoms with Gasteiger partial charge in [-0.3, -0.25) is 4.79 Å². The van der Waals surface area contributed by atoms with Crippen LogP contribution < -0.4 is 0 Å². The van der Waals surface area contributed by atoms with Gasteiger partial charge in [-0.2, -0.15) is 0 Å². The van der Waals surface area contributed by atoms with Gasteiger partial charge in [0, 0.05) is 6.08 Å². The van der Waals surface area contributed by atoms with Crippen molar-refractivity contribution in [3.63, 3.8) is 0 Å². The Morgan fingerprint density at radius 1 is 1.00 bits per heavy atom. The Balaban J connectivity index is 2.45. The lowest BCUT2D eigenvalue weighted by atomic mass is 9.91. The first-order chi connectivity index (χ1) is 11.2. The molecule has 0 atom stereocenters. The van der Waals surface area contributed by atoms with Crippen molar-refractivity contribution >= 4 is 18.0 Å². The van der Waals surface area contributed by atoms with E-state index in [-0.39, 0.29) is 19.2 Å². The number of hydrogen-bond donors (Lipinski definition) is 0. The van der Waals surface area contributed by atoms with E-state index in [1.165, 1.54) is 17.2 Å². The average molecular weight is 332 g/mol. The molecule has 1 aromatic carbocycles. The van der Waals surface area contributed by atoms with Crippen LogP contribution in [0.1, 0.15) is 49.4 Å². The van der Waals surface area contributed by atoms with E-state index in [1.807, 2.05) is 40.7 Å². The summed E-state index contributed by atoms with van der Waals surface area (Å²) in [5.74, 6) is -0.722. The second kappa shape index (κ2) is 8.67. The van der Waals surface area contributed by atoms with Gasteiger partial charge in [0.25, 0.3) is 0 Å². The molecule has 0 aromatic heterocycles. The van der Waals surface area contributed by atoms with Gasteiger partial charge < -0.3 is 9.47 Å². The lowest BCUT2D eigenvalue weighted by Gasteiger charge is -2.20. The molecule has 1 aromatic rings. The molecule has 132 valence electrons. The summed E-state index contributed by atoms with van der Waals surface area (Å²) in [5.41, 5.74) is 4.00. The molecule has 0 saturated carbocycles. The van der Waals surface area contributed by atoms with E-state index in [9.17, 15) is 9.59 Å². The van der Waals surface area contributed by atoms with E-state index < -0.39 is 11.4 Å². The predicted octanol–water partition coefficient (Wildman–Crippen LogP) is 4.15. The lowest BCUT2D eigenvalue weighted by molar-refractivity contribution is -0.157. The van der Waals surface area contributed by atoms with Crippen LogP contribution in [-0.2, 0) is 19.1 Å². The normalized spacial score (nSPS) is 11.6. The first-order valence-corrected chi connectivity index (χ1v) is 8.27. The van der Waals surface area contributed by atoms with Crippen LogP contribution >= 0.6 is 0 Å². The van der Waals surface area contributed by atoms with E-state index >= 15 is 0 Å². The summed E-state index contributed by atoms with van der Waals surface area (Å²) < 4.78 is 10.2. The van der Waals surface area contributed by atoms with Gasteiger partial charge in [-0.25, -0.2) is 4.79 Å². The lowest BCUT2D eigenvalue weighted by Crippen LogP contribution is -2.27. The van der Waals surface area contributed by atoms with Gasteiger partial charge in [-0.05, 0) is 69.4 Å². The number of ether oxygens (including phenoxy) is 2. The zero-order valence-electron chi connectivity index (χ0n) is 15.6. The minimum atomic E-state index is -0.509. The molecule has 0 fully saturated rings. The minimum Gasteiger partial charge on any atom is -0.462 e. The fraction of sp³-hybridized carbons (Fsp3) is 0.500. The van der Waals surface area contributed by atoms with Crippen molar-refractivity contribution in [1.82, 2.24) is 0 Å². The van der Waals surface area contributed by atoms with Crippen LogP contribution in [0, 0.1) is 26.2 Å². The molecule has 4 nitrogen and oxygen atoms in total. The monoisotopic (exact) mass is 332 g/mol. The molecule has 0 aliphatic rings. The Morgan fingerprint density at radius 2 is 1.58 bits per heavy atom. The van der Waals surface area contributed by atoms with E-state index in [2.05, 4.69) is 13.0 Å². The van der Waals surface area contributed by atoms with Gasteiger partial charge in [0.1, 0.15) is 13.2 Å². The summed E-state index contributed by atoms with van der Waals surface area (Å²) in [6, 6.07) is 4.14. The predicted molar refractivity (Wildman–Crippen MR) is 95.7 cm³/mol. The maximum atomic E-state index is 11.8. The van der Waals surface area contributed by atoms with Crippen molar-refractivity contribution < 1.29 is 19.1 Å². The van der Waals surface area contributed by atoms with Crippen molar-refractivity contribution in [2.24, 2.45) is 5.41 Å². The van der Waals surface area contributed by atoms with Crippen LogP contribution in [0.3, 0.4) is 0 Å². The molecule has 4 heteroatoms. The topological polar surface area (TPSA) is 52.6 Å². The second-order valence-electron chi connectivity index (χ2n) is 6.67. The van der Waals surface area contributed by atoms with Crippen LogP contribution in [0.2, 0.25) is 0 Å². The Morgan fingerprint density at radius 3 is 2.21 bits per heavy atom. The zero-order valence-corrected chi connectivity index (χ0v) is 15.6. The highest BCUT2D eigenvalue weighted by molar-refractivity contribution is 5.87. The number of rotatable bonds is 7. The third kappa shape index (κ3) is 5.84. The molecule has 0 saturated heterocycles. The quantitative estimate of drug-likeness (QED) is 0.428. The highest BCUT2D eigenvalue weighted by atomic mass is 16.6. The molecule has 0 N–H and O–H groups in total. The number of hydrogen-bond acceptors (Lipinski definition) is 4. The van der Waals surface area contributed by atoms with Crippen LogP contribution in [0.15, 0.2) is 18.2 Å². The van der Waals surface area contributed by atoms with Crippen LogP contribution in [0.5, 0.6) is 0 Å². The van der Waals surface area contributed by atoms with Crippen molar-refractivity contribution in [2.45, 2.75) is 48.0 Å². The van der Waals surface area contributed by atoms with Crippen molar-refractivity contribution in [3.8, 4) is 0 Å². The fourth-order valence-electron chi connectivity index (χ4n) is 1.98. The van der Waals surface area contributed by atoms with Crippen LogP contribution in [-0.4, -0.2) is 25.2 Å². The van der Waals surface area contributed by atoms with E-state index in [0.717, 1.165) is 11.1 Å². The molecule has 0 bridgehead atoms. The Bertz CT molecular complexity index is 627. The standard InChI is InChI=1S/C20H28O4/c1-7-20(5,6)19(22)24-11-10-23-18(21)9-8-17-13-15(3)14(2)12-16(17)4/h8-9,12-13H,7,10-11H2,1-6H3/b9-8+. The third-order valence-electron chi connectivity index (χ3n) is 4.28. The summed E-state index contributed by atoms with van der Waals surface area (Å²) in [6.07, 6.45) is 3.84. The molecule has 0 amide bonds. The van der Waals surface area contributed by atoms with Gasteiger partial charge in [-0.15, -0.1) is 0 Å². The molecule has 0 radical (unpaired) electrons. The maximum Gasteiger partial charge on any atom is 0.330 e. The van der Waals surface area contributed by atoms with Gasteiger partial charge >= 0.3 is 11.9 Å². The molecule has 24 heavy (non-hydrogen) atoms. The van der Waals surface area contributed by atoms with Gasteiger partial charge in [0.05, 0.1) is 5.41 Å². The second-order valence-corrected chi connectivity index (χ2v) is 6.67. The minimum absolute atomic E-state index is 0.0562. The molecule has 1 rings (SSSR count). The van der Waals surface area contributed by atoms with Gasteiger partial charge in [0.2, 0.25) is 0 Å². The zero-order chi connectivity index (χ0) is 18.3. The van der Waals surface area contributed by atoms with Crippen molar-refractivity contribution in [2.75, 3.05) is 13.2 Å². The van der Waals surface area contributed by atoms with Crippen molar-refractivity contribution in [1.29, 1.82) is 0 Å². The highest BCUT2D eigenvalue weighted by Gasteiger charge is 2.26. The van der Waals surface area contributed by atoms with Gasteiger partial charge in [-0.1, -0.05) is 19.1 Å². The van der Waals surface area contributed by atoms with Crippen molar-refractivity contribution in [3.05, 3.63) is 40.5 Å². The number of carbonyl (C=O) groups is 2. The molecule has 0 heterocycles. The molecular formula is C20H28O4. The average Bonchev–Trinajstić information content (AvgIpc) is 2.53. The SMILES string of the molecule is CCC(C)(C)C(=O)OCCOC(=O)/C=C/c1cc(C)c(C)cc1C. The smallest absolute Gasteiger partial charge is 0.330 e. The van der Waals surface area contributed by atoms with E-state index in [0.29, 0.717) is 6.42 Å². The van der Waals surface area contributed by atoms with Crippen LogP contribution in [0.4, 0.5) is 0 Å². The summed E-state index contributed by atoms with van der Waals surface area (Å²) in [6.45, 7) is 11.8. The Kier molecular flexibility index (Phi) is 7.20. The first-order valence-electron chi connectivity index (χ1n) is 8.27. The molecule has 0 aliphatic heterocycles. The van der Waals surface area contributed by atoms with E-state index in [1.54, 1.807) is 6.08 Å². The summed E-state index contributed by atoms with van der Waals surface area (Å²) in [7, 11) is 0.